The van der Waals surface area contributed by atoms with Crippen molar-refractivity contribution in [2.24, 2.45) is 4.99 Å². The molecule has 0 bridgehead atoms. The number of nitrogens with zero attached hydrogens (tertiary/aromatic N) is 5. The zero-order chi connectivity index (χ0) is 19.8. The summed E-state index contributed by atoms with van der Waals surface area (Å²) in [4.78, 5) is 6.85. The molecule has 0 saturated carbocycles. The maximum atomic E-state index is 5.66. The Bertz CT molecular complexity index is 750. The van der Waals surface area contributed by atoms with E-state index >= 15 is 0 Å². The van der Waals surface area contributed by atoms with E-state index in [2.05, 4.69) is 44.6 Å². The normalized spacial score (nSPS) is 16.8. The smallest absolute Gasteiger partial charge is 0.191 e. The van der Waals surface area contributed by atoms with Crippen LogP contribution < -0.4 is 10.6 Å². The van der Waals surface area contributed by atoms with Crippen molar-refractivity contribution in [2.45, 2.75) is 45.3 Å². The number of aliphatic imine (C=N–C) groups is 1. The highest BCUT2D eigenvalue weighted by atomic mass is 16.5. The summed E-state index contributed by atoms with van der Waals surface area (Å²) in [6, 6.07) is 6.39. The first-order valence-corrected chi connectivity index (χ1v) is 10.3. The third-order valence-corrected chi connectivity index (χ3v) is 5.04. The van der Waals surface area contributed by atoms with E-state index in [1.807, 2.05) is 35.8 Å². The third-order valence-electron chi connectivity index (χ3n) is 5.04. The van der Waals surface area contributed by atoms with Crippen LogP contribution in [0.3, 0.4) is 0 Å². The predicted octanol–water partition coefficient (Wildman–Crippen LogP) is 1.33. The molecule has 8 nitrogen and oxygen atoms in total. The summed E-state index contributed by atoms with van der Waals surface area (Å²) in [5.74, 6) is 1.81. The van der Waals surface area contributed by atoms with Gasteiger partial charge in [0.1, 0.15) is 5.82 Å². The highest BCUT2D eigenvalue weighted by Gasteiger charge is 2.19. The van der Waals surface area contributed by atoms with Crippen molar-refractivity contribution in [1.29, 1.82) is 0 Å². The van der Waals surface area contributed by atoms with Gasteiger partial charge in [-0.3, -0.25) is 9.39 Å². The molecule has 28 heavy (non-hydrogen) atoms. The number of fused-ring (bicyclic) bond motifs is 1. The lowest BCUT2D eigenvalue weighted by atomic mass is 10.1. The summed E-state index contributed by atoms with van der Waals surface area (Å²) in [5.41, 5.74) is 0.880. The molecular weight excluding hydrogens is 354 g/mol. The maximum absolute atomic E-state index is 5.66. The van der Waals surface area contributed by atoms with E-state index in [0.717, 1.165) is 69.5 Å². The molecule has 0 amide bonds. The summed E-state index contributed by atoms with van der Waals surface area (Å²) in [6.07, 6.45) is 5.34. The Hall–Kier alpha value is -2.19. The van der Waals surface area contributed by atoms with Crippen LogP contribution in [0.25, 0.3) is 5.65 Å². The SMILES string of the molecule is CN=C(NCCc1nnc2ccccn12)NC1CCN(CCOC(C)C)CC1. The van der Waals surface area contributed by atoms with Gasteiger partial charge in [0.05, 0.1) is 12.7 Å². The second kappa shape index (κ2) is 10.4. The molecule has 0 spiro atoms. The van der Waals surface area contributed by atoms with Crippen LogP contribution in [-0.2, 0) is 11.2 Å². The molecule has 2 aromatic heterocycles. The first-order chi connectivity index (χ1) is 13.7. The van der Waals surface area contributed by atoms with Crippen molar-refractivity contribution >= 4 is 11.6 Å². The average molecular weight is 388 g/mol. The Balaban J connectivity index is 1.37. The number of guanidine groups is 1. The van der Waals surface area contributed by atoms with Crippen LogP contribution in [-0.4, -0.2) is 77.4 Å². The summed E-state index contributed by atoms with van der Waals surface area (Å²) >= 11 is 0. The van der Waals surface area contributed by atoms with Crippen LogP contribution in [0.2, 0.25) is 0 Å². The van der Waals surface area contributed by atoms with Gasteiger partial charge in [-0.2, -0.15) is 0 Å². The largest absolute Gasteiger partial charge is 0.377 e. The first kappa shape index (κ1) is 20.5. The molecule has 8 heteroatoms. The van der Waals surface area contributed by atoms with E-state index in [4.69, 9.17) is 4.74 Å². The van der Waals surface area contributed by atoms with Gasteiger partial charge in [-0.15, -0.1) is 10.2 Å². The van der Waals surface area contributed by atoms with Crippen molar-refractivity contribution in [3.63, 3.8) is 0 Å². The number of nitrogens with one attached hydrogen (secondary N) is 2. The van der Waals surface area contributed by atoms with Crippen LogP contribution in [0.15, 0.2) is 29.4 Å². The van der Waals surface area contributed by atoms with E-state index in [-0.39, 0.29) is 0 Å². The van der Waals surface area contributed by atoms with Crippen molar-refractivity contribution in [3.8, 4) is 0 Å². The number of ether oxygens (including phenoxy) is 1. The molecule has 0 radical (unpaired) electrons. The molecule has 0 aromatic carbocycles. The molecule has 3 rings (SSSR count). The third kappa shape index (κ3) is 5.90. The van der Waals surface area contributed by atoms with Crippen LogP contribution in [0.5, 0.6) is 0 Å². The molecule has 1 saturated heterocycles. The second-order valence-electron chi connectivity index (χ2n) is 7.47. The van der Waals surface area contributed by atoms with Gasteiger partial charge in [-0.1, -0.05) is 6.07 Å². The van der Waals surface area contributed by atoms with Gasteiger partial charge in [0.25, 0.3) is 0 Å². The first-order valence-electron chi connectivity index (χ1n) is 10.3. The predicted molar refractivity (Wildman–Crippen MR) is 112 cm³/mol. The summed E-state index contributed by atoms with van der Waals surface area (Å²) in [7, 11) is 1.82. The summed E-state index contributed by atoms with van der Waals surface area (Å²) < 4.78 is 7.68. The summed E-state index contributed by atoms with van der Waals surface area (Å²) in [6.45, 7) is 8.96. The van der Waals surface area contributed by atoms with E-state index in [0.29, 0.717) is 12.1 Å². The minimum absolute atomic E-state index is 0.310. The molecule has 2 N–H and O–H groups in total. The Morgan fingerprint density at radius 1 is 1.29 bits per heavy atom. The molecule has 2 aromatic rings. The zero-order valence-corrected chi connectivity index (χ0v) is 17.3. The number of pyridine rings is 1. The Morgan fingerprint density at radius 2 is 2.11 bits per heavy atom. The Kier molecular flexibility index (Phi) is 7.62. The summed E-state index contributed by atoms with van der Waals surface area (Å²) in [5, 5.41) is 15.4. The number of rotatable bonds is 8. The van der Waals surface area contributed by atoms with Crippen molar-refractivity contribution < 1.29 is 4.74 Å². The zero-order valence-electron chi connectivity index (χ0n) is 17.3. The lowest BCUT2D eigenvalue weighted by molar-refractivity contribution is 0.0532. The average Bonchev–Trinajstić information content (AvgIpc) is 3.11. The number of piperidine rings is 1. The molecule has 3 heterocycles. The van der Waals surface area contributed by atoms with Gasteiger partial charge in [0.15, 0.2) is 11.6 Å². The van der Waals surface area contributed by atoms with Gasteiger partial charge in [-0.05, 0) is 38.8 Å². The molecule has 0 unspecified atom stereocenters. The number of hydrogen-bond donors (Lipinski definition) is 2. The molecular formula is C20H33N7O. The molecule has 1 aliphatic rings. The van der Waals surface area contributed by atoms with Gasteiger partial charge < -0.3 is 20.3 Å². The fourth-order valence-electron chi connectivity index (χ4n) is 3.46. The Morgan fingerprint density at radius 3 is 2.86 bits per heavy atom. The van der Waals surface area contributed by atoms with Crippen LogP contribution in [0.4, 0.5) is 0 Å². The van der Waals surface area contributed by atoms with Gasteiger partial charge in [-0.25, -0.2) is 0 Å². The molecule has 0 aliphatic carbocycles. The topological polar surface area (TPSA) is 79.1 Å². The lowest BCUT2D eigenvalue weighted by Gasteiger charge is -2.33. The number of hydrogen-bond acceptors (Lipinski definition) is 5. The second-order valence-corrected chi connectivity index (χ2v) is 7.47. The van der Waals surface area contributed by atoms with Gasteiger partial charge >= 0.3 is 0 Å². The van der Waals surface area contributed by atoms with Crippen LogP contribution >= 0.6 is 0 Å². The van der Waals surface area contributed by atoms with Crippen LogP contribution in [0.1, 0.15) is 32.5 Å². The van der Waals surface area contributed by atoms with Gasteiger partial charge in [0.2, 0.25) is 0 Å². The van der Waals surface area contributed by atoms with Crippen molar-refractivity contribution in [3.05, 3.63) is 30.2 Å². The van der Waals surface area contributed by atoms with E-state index < -0.39 is 0 Å². The fourth-order valence-corrected chi connectivity index (χ4v) is 3.46. The maximum Gasteiger partial charge on any atom is 0.191 e. The van der Waals surface area contributed by atoms with Crippen molar-refractivity contribution in [2.75, 3.05) is 39.8 Å². The Labute approximate surface area is 167 Å². The highest BCUT2D eigenvalue weighted by molar-refractivity contribution is 5.79. The van der Waals surface area contributed by atoms with Crippen LogP contribution in [0, 0.1) is 0 Å². The fraction of sp³-hybridized carbons (Fsp3) is 0.650. The highest BCUT2D eigenvalue weighted by Crippen LogP contribution is 2.10. The molecule has 154 valence electrons. The molecule has 1 aliphatic heterocycles. The minimum Gasteiger partial charge on any atom is -0.377 e. The molecule has 1 fully saturated rings. The minimum atomic E-state index is 0.310. The molecule has 0 atom stereocenters. The lowest BCUT2D eigenvalue weighted by Crippen LogP contribution is -2.49. The number of aromatic nitrogens is 3. The van der Waals surface area contributed by atoms with E-state index in [1.165, 1.54) is 0 Å². The van der Waals surface area contributed by atoms with E-state index in [1.54, 1.807) is 0 Å². The monoisotopic (exact) mass is 387 g/mol. The van der Waals surface area contributed by atoms with Crippen molar-refractivity contribution in [1.82, 2.24) is 30.1 Å². The van der Waals surface area contributed by atoms with E-state index in [9.17, 15) is 0 Å². The number of likely N-dealkylation sites (tertiary alicyclic amines) is 1. The standard InChI is InChI=1S/C20H33N7O/c1-16(2)28-15-14-26-12-8-17(9-13-26)23-20(21-3)22-10-7-19-25-24-18-6-4-5-11-27(18)19/h4-6,11,16-17H,7-10,12-15H2,1-3H3,(H2,21,22,23). The quantitative estimate of drug-likeness (QED) is 0.525. The van der Waals surface area contributed by atoms with Gasteiger partial charge in [0, 0.05) is 51.9 Å².